The van der Waals surface area contributed by atoms with Crippen molar-refractivity contribution in [1.82, 2.24) is 20.6 Å². The molecule has 26 heavy (non-hydrogen) atoms. The van der Waals surface area contributed by atoms with E-state index in [-0.39, 0.29) is 0 Å². The van der Waals surface area contributed by atoms with Gasteiger partial charge in [0.15, 0.2) is 0 Å². The van der Waals surface area contributed by atoms with Crippen LogP contribution in [-0.2, 0) is 0 Å². The van der Waals surface area contributed by atoms with E-state index in [2.05, 4.69) is 65.8 Å². The highest BCUT2D eigenvalue weighted by molar-refractivity contribution is 14.1. The number of ether oxygens (including phenoxy) is 2. The second-order valence-electron chi connectivity index (χ2n) is 6.18. The summed E-state index contributed by atoms with van der Waals surface area (Å²) < 4.78 is 13.3. The summed E-state index contributed by atoms with van der Waals surface area (Å²) >= 11 is 4.46. The van der Waals surface area contributed by atoms with Gasteiger partial charge < -0.3 is 20.1 Å². The number of nitrogens with one attached hydrogen (secondary N) is 2. The molecule has 6 nitrogen and oxygen atoms in total. The molecule has 140 valence electrons. The van der Waals surface area contributed by atoms with E-state index in [1.54, 1.807) is 12.4 Å². The van der Waals surface area contributed by atoms with Crippen LogP contribution in [0.3, 0.4) is 0 Å². The predicted octanol–water partition coefficient (Wildman–Crippen LogP) is 2.85. The zero-order chi connectivity index (χ0) is 18.2. The molecule has 2 atom stereocenters. The molecule has 0 aliphatic carbocycles. The molecule has 4 heterocycles. The number of aromatic nitrogens is 2. The highest BCUT2D eigenvalue weighted by Crippen LogP contribution is 2.15. The van der Waals surface area contributed by atoms with Gasteiger partial charge in [-0.1, -0.05) is 0 Å². The van der Waals surface area contributed by atoms with Crippen molar-refractivity contribution in [3.63, 3.8) is 0 Å². The van der Waals surface area contributed by atoms with Crippen molar-refractivity contribution in [1.29, 1.82) is 0 Å². The van der Waals surface area contributed by atoms with E-state index >= 15 is 0 Å². The van der Waals surface area contributed by atoms with Gasteiger partial charge in [-0.05, 0) is 83.2 Å². The minimum Gasteiger partial charge on any atom is -0.490 e. The van der Waals surface area contributed by atoms with E-state index in [1.807, 2.05) is 24.5 Å². The standard InChI is InChI=1S/2C9H11IN2O/c2*10-7-3-9(5-11-4-7)13-6-8-1-2-12-8/h2*3-5,8,12H,1-2,6H2/t2*8-/m00/s1. The van der Waals surface area contributed by atoms with E-state index in [0.717, 1.165) is 44.9 Å². The van der Waals surface area contributed by atoms with Gasteiger partial charge in [-0.3, -0.25) is 9.97 Å². The molecule has 2 aliphatic rings. The lowest BCUT2D eigenvalue weighted by atomic mass is 10.1. The molecule has 4 rings (SSSR count). The Kier molecular flexibility index (Phi) is 8.14. The predicted molar refractivity (Wildman–Crippen MR) is 118 cm³/mol. The Hall–Kier alpha value is -0.720. The number of halogens is 2. The van der Waals surface area contributed by atoms with Gasteiger partial charge in [-0.2, -0.15) is 0 Å². The number of nitrogens with zero attached hydrogens (tertiary/aromatic N) is 2. The Morgan fingerprint density at radius 1 is 0.808 bits per heavy atom. The van der Waals surface area contributed by atoms with Gasteiger partial charge in [0.25, 0.3) is 0 Å². The van der Waals surface area contributed by atoms with Crippen LogP contribution in [0.2, 0.25) is 0 Å². The first-order chi connectivity index (χ1) is 12.7. The Labute approximate surface area is 181 Å². The van der Waals surface area contributed by atoms with Gasteiger partial charge >= 0.3 is 0 Å². The van der Waals surface area contributed by atoms with Crippen LogP contribution in [0, 0.1) is 7.14 Å². The Bertz CT molecular complexity index is 637. The zero-order valence-electron chi connectivity index (χ0n) is 14.3. The van der Waals surface area contributed by atoms with Gasteiger partial charge in [0.2, 0.25) is 0 Å². The second kappa shape index (κ2) is 10.6. The van der Waals surface area contributed by atoms with Crippen molar-refractivity contribution in [2.45, 2.75) is 24.9 Å². The first kappa shape index (κ1) is 20.0. The SMILES string of the molecule is Ic1cncc(OC[C@@H]2CCN2)c1.Ic1cncc(OC[C@@H]2CCN2)c1. The summed E-state index contributed by atoms with van der Waals surface area (Å²) in [7, 11) is 0. The first-order valence-corrected chi connectivity index (χ1v) is 10.8. The lowest BCUT2D eigenvalue weighted by molar-refractivity contribution is 0.217. The Morgan fingerprint density at radius 2 is 1.23 bits per heavy atom. The van der Waals surface area contributed by atoms with E-state index in [4.69, 9.17) is 9.47 Å². The summed E-state index contributed by atoms with van der Waals surface area (Å²) in [6, 6.07) is 5.06. The minimum atomic E-state index is 0.540. The molecule has 0 unspecified atom stereocenters. The van der Waals surface area contributed by atoms with Gasteiger partial charge in [0, 0.05) is 31.6 Å². The van der Waals surface area contributed by atoms with E-state index in [0.29, 0.717) is 12.1 Å². The smallest absolute Gasteiger partial charge is 0.138 e. The van der Waals surface area contributed by atoms with Crippen molar-refractivity contribution in [2.75, 3.05) is 26.3 Å². The molecule has 2 N–H and O–H groups in total. The van der Waals surface area contributed by atoms with Gasteiger partial charge in [0.05, 0.1) is 12.4 Å². The third-order valence-electron chi connectivity index (χ3n) is 4.11. The Morgan fingerprint density at radius 3 is 1.54 bits per heavy atom. The molecule has 0 aromatic carbocycles. The lowest BCUT2D eigenvalue weighted by Gasteiger charge is -2.27. The van der Waals surface area contributed by atoms with Crippen LogP contribution < -0.4 is 20.1 Å². The summed E-state index contributed by atoms with van der Waals surface area (Å²) in [6.45, 7) is 3.75. The summed E-state index contributed by atoms with van der Waals surface area (Å²) in [5.74, 6) is 1.72. The fraction of sp³-hybridized carbons (Fsp3) is 0.444. The van der Waals surface area contributed by atoms with Crippen LogP contribution in [0.4, 0.5) is 0 Å². The first-order valence-electron chi connectivity index (χ1n) is 8.62. The van der Waals surface area contributed by atoms with Crippen LogP contribution in [0.1, 0.15) is 12.8 Å². The summed E-state index contributed by atoms with van der Waals surface area (Å²) in [5, 5.41) is 6.57. The summed E-state index contributed by atoms with van der Waals surface area (Å²) in [5.41, 5.74) is 0. The topological polar surface area (TPSA) is 68.3 Å². The largest absolute Gasteiger partial charge is 0.490 e. The third-order valence-corrected chi connectivity index (χ3v) is 5.29. The van der Waals surface area contributed by atoms with Gasteiger partial charge in [0.1, 0.15) is 24.7 Å². The monoisotopic (exact) mass is 580 g/mol. The number of hydrogen-bond acceptors (Lipinski definition) is 6. The van der Waals surface area contributed by atoms with E-state index < -0.39 is 0 Å². The maximum absolute atomic E-state index is 5.56. The van der Waals surface area contributed by atoms with Crippen molar-refractivity contribution in [3.05, 3.63) is 44.1 Å². The normalized spacial score (nSPS) is 20.8. The quantitative estimate of drug-likeness (QED) is 0.513. The minimum absolute atomic E-state index is 0.540. The molecule has 2 saturated heterocycles. The number of rotatable bonds is 6. The van der Waals surface area contributed by atoms with Crippen LogP contribution in [0.15, 0.2) is 36.9 Å². The molecule has 8 heteroatoms. The van der Waals surface area contributed by atoms with Crippen molar-refractivity contribution >= 4 is 45.2 Å². The van der Waals surface area contributed by atoms with Crippen molar-refractivity contribution in [2.24, 2.45) is 0 Å². The van der Waals surface area contributed by atoms with E-state index in [9.17, 15) is 0 Å². The fourth-order valence-corrected chi connectivity index (χ4v) is 3.25. The Balaban J connectivity index is 0.000000151. The molecular weight excluding hydrogens is 558 g/mol. The second-order valence-corrected chi connectivity index (χ2v) is 8.67. The van der Waals surface area contributed by atoms with Crippen LogP contribution in [0.25, 0.3) is 0 Å². The molecule has 2 aliphatic heterocycles. The lowest BCUT2D eigenvalue weighted by Crippen LogP contribution is -2.46. The fourth-order valence-electron chi connectivity index (χ4n) is 2.32. The molecule has 2 fully saturated rings. The van der Waals surface area contributed by atoms with Gasteiger partial charge in [-0.25, -0.2) is 0 Å². The van der Waals surface area contributed by atoms with Crippen LogP contribution in [0.5, 0.6) is 11.5 Å². The molecule has 0 bridgehead atoms. The van der Waals surface area contributed by atoms with Crippen LogP contribution >= 0.6 is 45.2 Å². The van der Waals surface area contributed by atoms with Gasteiger partial charge in [-0.15, -0.1) is 0 Å². The summed E-state index contributed by atoms with van der Waals surface area (Å²) in [6.07, 6.45) is 9.57. The summed E-state index contributed by atoms with van der Waals surface area (Å²) in [4.78, 5) is 8.11. The molecule has 0 saturated carbocycles. The highest BCUT2D eigenvalue weighted by atomic mass is 127. The molecule has 0 radical (unpaired) electrons. The van der Waals surface area contributed by atoms with Crippen LogP contribution in [-0.4, -0.2) is 48.4 Å². The molecule has 2 aromatic rings. The maximum Gasteiger partial charge on any atom is 0.138 e. The third kappa shape index (κ3) is 6.78. The number of pyridine rings is 2. The average Bonchev–Trinajstić information content (AvgIpc) is 2.53. The average molecular weight is 580 g/mol. The molecule has 2 aromatic heterocycles. The maximum atomic E-state index is 5.56. The molecular formula is C18H22I2N4O2. The highest BCUT2D eigenvalue weighted by Gasteiger charge is 2.17. The molecule has 0 spiro atoms. The van der Waals surface area contributed by atoms with Crippen molar-refractivity contribution in [3.8, 4) is 11.5 Å². The number of hydrogen-bond donors (Lipinski definition) is 2. The van der Waals surface area contributed by atoms with Crippen molar-refractivity contribution < 1.29 is 9.47 Å². The molecule has 0 amide bonds. The van der Waals surface area contributed by atoms with E-state index in [1.165, 1.54) is 12.8 Å². The zero-order valence-corrected chi connectivity index (χ0v) is 18.6.